The van der Waals surface area contributed by atoms with Gasteiger partial charge < -0.3 is 4.57 Å². The Hall–Kier alpha value is -1.55. The SMILES string of the molecule is CN(Cc1c(F)cccc1Cl)S(=O)(=O)N1CCCC(c2nnc3n2CCCCC3)C1. The van der Waals surface area contributed by atoms with Crippen LogP contribution in [0.2, 0.25) is 5.02 Å². The summed E-state index contributed by atoms with van der Waals surface area (Å²) in [4.78, 5) is 0. The number of piperidine rings is 1. The Kier molecular flexibility index (Phi) is 6.43. The predicted molar refractivity (Wildman–Crippen MR) is 113 cm³/mol. The highest BCUT2D eigenvalue weighted by atomic mass is 35.5. The number of aromatic nitrogens is 3. The molecule has 1 fully saturated rings. The molecule has 4 rings (SSSR count). The molecule has 7 nitrogen and oxygen atoms in total. The molecule has 3 heterocycles. The van der Waals surface area contributed by atoms with Gasteiger partial charge in [0.1, 0.15) is 17.5 Å². The summed E-state index contributed by atoms with van der Waals surface area (Å²) in [5.74, 6) is 1.41. The maximum atomic E-state index is 14.1. The lowest BCUT2D eigenvalue weighted by atomic mass is 9.99. The number of hydrogen-bond acceptors (Lipinski definition) is 4. The van der Waals surface area contributed by atoms with E-state index in [2.05, 4.69) is 14.8 Å². The van der Waals surface area contributed by atoms with Crippen molar-refractivity contribution in [2.24, 2.45) is 0 Å². The van der Waals surface area contributed by atoms with Gasteiger partial charge in [0.2, 0.25) is 0 Å². The zero-order valence-corrected chi connectivity index (χ0v) is 18.7. The summed E-state index contributed by atoms with van der Waals surface area (Å²) < 4.78 is 45.4. The number of rotatable bonds is 5. The van der Waals surface area contributed by atoms with Crippen molar-refractivity contribution in [3.8, 4) is 0 Å². The molecule has 0 radical (unpaired) electrons. The molecule has 1 aromatic heterocycles. The zero-order chi connectivity index (χ0) is 21.3. The van der Waals surface area contributed by atoms with Crippen LogP contribution >= 0.6 is 11.6 Å². The highest BCUT2D eigenvalue weighted by molar-refractivity contribution is 7.86. The molecule has 10 heteroatoms. The van der Waals surface area contributed by atoms with E-state index in [4.69, 9.17) is 11.6 Å². The van der Waals surface area contributed by atoms with Crippen LogP contribution in [0.5, 0.6) is 0 Å². The van der Waals surface area contributed by atoms with Gasteiger partial charge in [-0.2, -0.15) is 17.0 Å². The minimum absolute atomic E-state index is 0.0123. The first-order valence-electron chi connectivity index (χ1n) is 10.4. The van der Waals surface area contributed by atoms with Crippen LogP contribution in [0.15, 0.2) is 18.2 Å². The van der Waals surface area contributed by atoms with Gasteiger partial charge in [-0.3, -0.25) is 0 Å². The highest BCUT2D eigenvalue weighted by Crippen LogP contribution is 2.30. The van der Waals surface area contributed by atoms with Crippen molar-refractivity contribution < 1.29 is 12.8 Å². The summed E-state index contributed by atoms with van der Waals surface area (Å²) in [5, 5.41) is 9.02. The van der Waals surface area contributed by atoms with E-state index in [1.807, 2.05) is 0 Å². The number of fused-ring (bicyclic) bond motifs is 1. The van der Waals surface area contributed by atoms with Gasteiger partial charge >= 0.3 is 0 Å². The van der Waals surface area contributed by atoms with Crippen LogP contribution in [0, 0.1) is 5.82 Å². The summed E-state index contributed by atoms with van der Waals surface area (Å²) in [5.41, 5.74) is 0.182. The lowest BCUT2D eigenvalue weighted by Gasteiger charge is -2.34. The van der Waals surface area contributed by atoms with Gasteiger partial charge in [0, 0.05) is 56.2 Å². The summed E-state index contributed by atoms with van der Waals surface area (Å²) in [7, 11) is -2.30. The van der Waals surface area contributed by atoms with Gasteiger partial charge in [0.25, 0.3) is 10.2 Å². The Morgan fingerprint density at radius 1 is 1.20 bits per heavy atom. The molecule has 164 valence electrons. The van der Waals surface area contributed by atoms with E-state index in [9.17, 15) is 12.8 Å². The number of hydrogen-bond donors (Lipinski definition) is 0. The van der Waals surface area contributed by atoms with Gasteiger partial charge in [-0.05, 0) is 37.8 Å². The molecule has 0 amide bonds. The number of nitrogens with zero attached hydrogens (tertiary/aromatic N) is 5. The van der Waals surface area contributed by atoms with Crippen LogP contribution in [0.3, 0.4) is 0 Å². The second kappa shape index (κ2) is 8.90. The lowest BCUT2D eigenvalue weighted by molar-refractivity contribution is 0.281. The molecule has 1 aromatic carbocycles. The Labute approximate surface area is 182 Å². The molecule has 0 bridgehead atoms. The van der Waals surface area contributed by atoms with Crippen LogP contribution in [-0.4, -0.2) is 51.9 Å². The van der Waals surface area contributed by atoms with E-state index in [1.165, 1.54) is 34.2 Å². The van der Waals surface area contributed by atoms with E-state index in [-0.39, 0.29) is 23.0 Å². The first-order chi connectivity index (χ1) is 14.4. The lowest BCUT2D eigenvalue weighted by Crippen LogP contribution is -2.46. The second-order valence-corrected chi connectivity index (χ2v) is 10.5. The molecule has 0 saturated carbocycles. The third-order valence-corrected chi connectivity index (χ3v) is 8.31. The fraction of sp³-hybridized carbons (Fsp3) is 0.600. The number of benzene rings is 1. The van der Waals surface area contributed by atoms with E-state index in [0.29, 0.717) is 13.1 Å². The maximum absolute atomic E-state index is 14.1. The Morgan fingerprint density at radius 3 is 2.83 bits per heavy atom. The molecule has 1 atom stereocenters. The molecule has 1 saturated heterocycles. The minimum Gasteiger partial charge on any atom is -0.315 e. The quantitative estimate of drug-likeness (QED) is 0.693. The van der Waals surface area contributed by atoms with Gasteiger partial charge in [-0.25, -0.2) is 4.39 Å². The Morgan fingerprint density at radius 2 is 2.03 bits per heavy atom. The topological polar surface area (TPSA) is 71.3 Å². The van der Waals surface area contributed by atoms with Crippen molar-refractivity contribution in [2.75, 3.05) is 20.1 Å². The van der Waals surface area contributed by atoms with E-state index >= 15 is 0 Å². The smallest absolute Gasteiger partial charge is 0.282 e. The van der Waals surface area contributed by atoms with Crippen molar-refractivity contribution in [1.82, 2.24) is 23.4 Å². The first-order valence-corrected chi connectivity index (χ1v) is 12.2. The van der Waals surface area contributed by atoms with Crippen molar-refractivity contribution in [2.45, 2.75) is 57.5 Å². The fourth-order valence-corrected chi connectivity index (χ4v) is 5.99. The van der Waals surface area contributed by atoms with Crippen LogP contribution < -0.4 is 0 Å². The van der Waals surface area contributed by atoms with Crippen LogP contribution in [0.25, 0.3) is 0 Å². The number of aryl methyl sites for hydroxylation is 1. The summed E-state index contributed by atoms with van der Waals surface area (Å²) in [6.45, 7) is 1.58. The van der Waals surface area contributed by atoms with Gasteiger partial charge in [0.15, 0.2) is 0 Å². The van der Waals surface area contributed by atoms with E-state index in [1.54, 1.807) is 6.07 Å². The third kappa shape index (κ3) is 4.26. The van der Waals surface area contributed by atoms with Crippen LogP contribution in [-0.2, 0) is 29.7 Å². The fourth-order valence-electron chi connectivity index (χ4n) is 4.36. The molecule has 30 heavy (non-hydrogen) atoms. The Balaban J connectivity index is 1.52. The van der Waals surface area contributed by atoms with Crippen molar-refractivity contribution in [3.05, 3.63) is 46.3 Å². The molecular formula is C20H27ClFN5O2S. The summed E-state index contributed by atoms with van der Waals surface area (Å²) in [6, 6.07) is 4.36. The largest absolute Gasteiger partial charge is 0.315 e. The van der Waals surface area contributed by atoms with Gasteiger partial charge in [-0.15, -0.1) is 10.2 Å². The van der Waals surface area contributed by atoms with Crippen molar-refractivity contribution in [3.63, 3.8) is 0 Å². The summed E-state index contributed by atoms with van der Waals surface area (Å²) in [6.07, 6.45) is 5.95. The molecule has 0 N–H and O–H groups in total. The molecular weight excluding hydrogens is 429 g/mol. The van der Waals surface area contributed by atoms with Crippen LogP contribution in [0.4, 0.5) is 4.39 Å². The molecule has 0 spiro atoms. The standard InChI is InChI=1S/C20H27ClFN5O2S/c1-25(14-16-17(21)8-5-9-18(16)22)30(28,29)26-11-6-7-15(13-26)20-24-23-19-10-3-2-4-12-27(19)20/h5,8-9,15H,2-4,6-7,10-14H2,1H3. The van der Waals surface area contributed by atoms with Gasteiger partial charge in [0.05, 0.1) is 0 Å². The normalized spacial score (nSPS) is 20.9. The highest BCUT2D eigenvalue weighted by Gasteiger charge is 2.35. The predicted octanol–water partition coefficient (Wildman–Crippen LogP) is 3.35. The molecule has 0 aliphatic carbocycles. The van der Waals surface area contributed by atoms with E-state index < -0.39 is 16.0 Å². The van der Waals surface area contributed by atoms with Crippen molar-refractivity contribution >= 4 is 21.8 Å². The van der Waals surface area contributed by atoms with Crippen molar-refractivity contribution in [1.29, 1.82) is 0 Å². The monoisotopic (exact) mass is 455 g/mol. The first kappa shape index (κ1) is 21.7. The molecule has 2 aromatic rings. The molecule has 2 aliphatic heterocycles. The Bertz CT molecular complexity index is 992. The average Bonchev–Trinajstić information content (AvgIpc) is 2.99. The average molecular weight is 456 g/mol. The van der Waals surface area contributed by atoms with Gasteiger partial charge in [-0.1, -0.05) is 24.1 Å². The zero-order valence-electron chi connectivity index (χ0n) is 17.1. The second-order valence-electron chi connectivity index (χ2n) is 8.10. The van der Waals surface area contributed by atoms with Crippen LogP contribution in [0.1, 0.15) is 55.2 Å². The van der Waals surface area contributed by atoms with E-state index in [0.717, 1.165) is 50.3 Å². The minimum atomic E-state index is -3.76. The summed E-state index contributed by atoms with van der Waals surface area (Å²) >= 11 is 6.09. The molecule has 1 unspecified atom stereocenters. The third-order valence-electron chi connectivity index (χ3n) is 6.05. The maximum Gasteiger partial charge on any atom is 0.282 e. The number of halogens is 2. The molecule has 2 aliphatic rings.